The Labute approximate surface area is 118 Å². The molecule has 0 atom stereocenters. The van der Waals surface area contributed by atoms with Gasteiger partial charge in [-0.3, -0.25) is 4.79 Å². The molecule has 0 fully saturated rings. The summed E-state index contributed by atoms with van der Waals surface area (Å²) < 4.78 is 0. The van der Waals surface area contributed by atoms with Crippen molar-refractivity contribution in [3.63, 3.8) is 0 Å². The number of fused-ring (bicyclic) bond motifs is 1. The van der Waals surface area contributed by atoms with Gasteiger partial charge in [-0.25, -0.2) is 0 Å². The summed E-state index contributed by atoms with van der Waals surface area (Å²) in [7, 11) is 2.13. The Balaban J connectivity index is 2.01. The number of nitrogens with zero attached hydrogens (tertiary/aromatic N) is 1. The summed E-state index contributed by atoms with van der Waals surface area (Å²) in [5, 5.41) is 1.18. The molecule has 104 valence electrons. The van der Waals surface area contributed by atoms with Gasteiger partial charge < -0.3 is 15.6 Å². The number of H-pyrrole nitrogens is 1. The van der Waals surface area contributed by atoms with E-state index in [1.807, 2.05) is 12.1 Å². The highest BCUT2D eigenvalue weighted by molar-refractivity contribution is 5.93. The lowest BCUT2D eigenvalue weighted by Crippen LogP contribution is -2.23. The van der Waals surface area contributed by atoms with Gasteiger partial charge in [0.05, 0.1) is 6.42 Å². The maximum absolute atomic E-state index is 11.1. The van der Waals surface area contributed by atoms with Crippen LogP contribution < -0.4 is 5.73 Å². The summed E-state index contributed by atoms with van der Waals surface area (Å²) in [4.78, 5) is 16.7. The van der Waals surface area contributed by atoms with Crippen LogP contribution in [-0.2, 0) is 11.2 Å². The van der Waals surface area contributed by atoms with Gasteiger partial charge >= 0.3 is 0 Å². The van der Waals surface area contributed by atoms with Crippen molar-refractivity contribution in [1.29, 1.82) is 0 Å². The highest BCUT2D eigenvalue weighted by Gasteiger charge is 2.13. The van der Waals surface area contributed by atoms with E-state index in [4.69, 9.17) is 5.73 Å². The quantitative estimate of drug-likeness (QED) is 0.894. The predicted octanol–water partition coefficient (Wildman–Crippen LogP) is 1.91. The maximum atomic E-state index is 11.1. The third-order valence-corrected chi connectivity index (χ3v) is 3.88. The number of rotatable bonds is 3. The first-order valence-electron chi connectivity index (χ1n) is 6.90. The zero-order valence-electron chi connectivity index (χ0n) is 11.6. The third-order valence-electron chi connectivity index (χ3n) is 3.88. The van der Waals surface area contributed by atoms with Gasteiger partial charge in [-0.15, -0.1) is 0 Å². The molecule has 0 saturated carbocycles. The van der Waals surface area contributed by atoms with E-state index in [-0.39, 0.29) is 5.91 Å². The van der Waals surface area contributed by atoms with Crippen LogP contribution in [0, 0.1) is 0 Å². The number of amides is 1. The van der Waals surface area contributed by atoms with E-state index in [0.29, 0.717) is 6.42 Å². The molecule has 2 aromatic rings. The van der Waals surface area contributed by atoms with Crippen molar-refractivity contribution < 1.29 is 4.79 Å². The van der Waals surface area contributed by atoms with Gasteiger partial charge in [-0.1, -0.05) is 12.1 Å². The molecule has 1 aromatic heterocycles. The van der Waals surface area contributed by atoms with Crippen molar-refractivity contribution in [2.75, 3.05) is 20.1 Å². The summed E-state index contributed by atoms with van der Waals surface area (Å²) in [5.41, 5.74) is 9.98. The number of hydrogen-bond donors (Lipinski definition) is 2. The molecule has 0 unspecified atom stereocenters. The van der Waals surface area contributed by atoms with E-state index >= 15 is 0 Å². The van der Waals surface area contributed by atoms with Crippen molar-refractivity contribution >= 4 is 22.4 Å². The number of likely N-dealkylation sites (N-methyl/N-ethyl adjacent to an activating group) is 1. The van der Waals surface area contributed by atoms with Crippen LogP contribution in [0.5, 0.6) is 0 Å². The Morgan fingerprint density at radius 3 is 3.00 bits per heavy atom. The molecule has 0 aliphatic carbocycles. The number of nitrogens with two attached hydrogens (primary N) is 1. The smallest absolute Gasteiger partial charge is 0.221 e. The first kappa shape index (κ1) is 12.9. The van der Waals surface area contributed by atoms with Crippen LogP contribution in [0.3, 0.4) is 0 Å². The second-order valence-corrected chi connectivity index (χ2v) is 5.47. The largest absolute Gasteiger partial charge is 0.369 e. The van der Waals surface area contributed by atoms with Crippen molar-refractivity contribution in [2.24, 2.45) is 5.73 Å². The predicted molar refractivity (Wildman–Crippen MR) is 81.3 cm³/mol. The van der Waals surface area contributed by atoms with Gasteiger partial charge in [-0.2, -0.15) is 0 Å². The molecule has 4 heteroatoms. The molecule has 20 heavy (non-hydrogen) atoms. The van der Waals surface area contributed by atoms with E-state index in [1.54, 1.807) is 0 Å². The van der Waals surface area contributed by atoms with Crippen LogP contribution in [0.25, 0.3) is 16.5 Å². The monoisotopic (exact) mass is 269 g/mol. The van der Waals surface area contributed by atoms with Gasteiger partial charge in [-0.05, 0) is 36.7 Å². The fourth-order valence-electron chi connectivity index (χ4n) is 2.76. The molecule has 0 spiro atoms. The van der Waals surface area contributed by atoms with Crippen LogP contribution in [0.2, 0.25) is 0 Å². The third kappa shape index (κ3) is 2.47. The molecule has 3 N–H and O–H groups in total. The summed E-state index contributed by atoms with van der Waals surface area (Å²) in [6.07, 6.45) is 5.70. The minimum Gasteiger partial charge on any atom is -0.369 e. The van der Waals surface area contributed by atoms with E-state index in [2.05, 4.69) is 35.3 Å². The summed E-state index contributed by atoms with van der Waals surface area (Å²) in [5.74, 6) is -0.292. The standard InChI is InChI=1S/C16H19N3O/c1-19-6-4-12(5-7-19)14-10-18-15-3-2-11(8-13(14)15)9-16(17)20/h2-4,8,10,18H,5-7,9H2,1H3,(H2,17,20). The van der Waals surface area contributed by atoms with Gasteiger partial charge in [0.1, 0.15) is 0 Å². The van der Waals surface area contributed by atoms with E-state index in [1.165, 1.54) is 16.5 Å². The van der Waals surface area contributed by atoms with Crippen LogP contribution in [-0.4, -0.2) is 35.9 Å². The summed E-state index contributed by atoms with van der Waals surface area (Å²) in [6, 6.07) is 6.05. The Morgan fingerprint density at radius 1 is 1.45 bits per heavy atom. The van der Waals surface area contributed by atoms with Gasteiger partial charge in [0, 0.05) is 35.8 Å². The minimum atomic E-state index is -0.292. The van der Waals surface area contributed by atoms with Crippen molar-refractivity contribution in [1.82, 2.24) is 9.88 Å². The fourth-order valence-corrected chi connectivity index (χ4v) is 2.76. The lowest BCUT2D eigenvalue weighted by atomic mass is 9.98. The second-order valence-electron chi connectivity index (χ2n) is 5.47. The van der Waals surface area contributed by atoms with E-state index in [0.717, 1.165) is 30.6 Å². The molecule has 1 aliphatic heterocycles. The zero-order valence-corrected chi connectivity index (χ0v) is 11.6. The lowest BCUT2D eigenvalue weighted by Gasteiger charge is -2.21. The Hall–Kier alpha value is -2.07. The summed E-state index contributed by atoms with van der Waals surface area (Å²) >= 11 is 0. The topological polar surface area (TPSA) is 62.1 Å². The minimum absolute atomic E-state index is 0.292. The molecule has 0 radical (unpaired) electrons. The first-order valence-corrected chi connectivity index (χ1v) is 6.90. The van der Waals surface area contributed by atoms with Gasteiger partial charge in [0.15, 0.2) is 0 Å². The molecule has 2 heterocycles. The number of aromatic nitrogens is 1. The number of carbonyl (C=O) groups is 1. The molecule has 1 aliphatic rings. The highest BCUT2D eigenvalue weighted by Crippen LogP contribution is 2.29. The molecule has 4 nitrogen and oxygen atoms in total. The van der Waals surface area contributed by atoms with Crippen molar-refractivity contribution in [2.45, 2.75) is 12.8 Å². The summed E-state index contributed by atoms with van der Waals surface area (Å²) in [6.45, 7) is 2.07. The zero-order chi connectivity index (χ0) is 14.1. The SMILES string of the molecule is CN1CC=C(c2c[nH]c3ccc(CC(N)=O)cc23)CC1. The number of carbonyl (C=O) groups excluding carboxylic acids is 1. The number of nitrogens with one attached hydrogen (secondary N) is 1. The number of benzene rings is 1. The number of primary amides is 1. The first-order chi connectivity index (χ1) is 9.63. The number of hydrogen-bond acceptors (Lipinski definition) is 2. The molecular weight excluding hydrogens is 250 g/mol. The van der Waals surface area contributed by atoms with Crippen molar-refractivity contribution in [3.05, 3.63) is 41.6 Å². The Bertz CT molecular complexity index is 684. The molecule has 1 amide bonds. The van der Waals surface area contributed by atoms with Crippen LogP contribution in [0.15, 0.2) is 30.5 Å². The molecule has 1 aromatic carbocycles. The van der Waals surface area contributed by atoms with E-state index in [9.17, 15) is 4.79 Å². The molecular formula is C16H19N3O. The van der Waals surface area contributed by atoms with Crippen LogP contribution >= 0.6 is 0 Å². The average molecular weight is 269 g/mol. The van der Waals surface area contributed by atoms with Gasteiger partial charge in [0.2, 0.25) is 5.91 Å². The van der Waals surface area contributed by atoms with Crippen molar-refractivity contribution in [3.8, 4) is 0 Å². The fraction of sp³-hybridized carbons (Fsp3) is 0.312. The normalized spacial score (nSPS) is 16.4. The lowest BCUT2D eigenvalue weighted by molar-refractivity contribution is -0.117. The van der Waals surface area contributed by atoms with Crippen LogP contribution in [0.1, 0.15) is 17.5 Å². The Morgan fingerprint density at radius 2 is 2.30 bits per heavy atom. The second kappa shape index (κ2) is 5.13. The molecule has 0 bridgehead atoms. The highest BCUT2D eigenvalue weighted by atomic mass is 16.1. The average Bonchev–Trinajstić information content (AvgIpc) is 2.82. The van der Waals surface area contributed by atoms with Gasteiger partial charge in [0.25, 0.3) is 0 Å². The maximum Gasteiger partial charge on any atom is 0.221 e. The van der Waals surface area contributed by atoms with E-state index < -0.39 is 0 Å². The molecule has 0 saturated heterocycles. The molecule has 3 rings (SSSR count). The van der Waals surface area contributed by atoms with Crippen LogP contribution in [0.4, 0.5) is 0 Å². The Kier molecular flexibility index (Phi) is 3.32. The number of aromatic amines is 1.